The number of hydrogen-bond donors (Lipinski definition) is 2. The maximum Gasteiger partial charge on any atom is 0.254 e. The molecule has 3 rings (SSSR count). The minimum atomic E-state index is -0.261. The lowest BCUT2D eigenvalue weighted by molar-refractivity contribution is -0.122. The van der Waals surface area contributed by atoms with Gasteiger partial charge in [-0.25, -0.2) is 4.98 Å². The van der Waals surface area contributed by atoms with Crippen LogP contribution in [0.4, 0.5) is 0 Å². The fourth-order valence-electron chi connectivity index (χ4n) is 4.00. The summed E-state index contributed by atoms with van der Waals surface area (Å²) >= 11 is 0. The minimum Gasteiger partial charge on any atom is -0.508 e. The third-order valence-electron chi connectivity index (χ3n) is 5.51. The predicted molar refractivity (Wildman–Crippen MR) is 122 cm³/mol. The minimum absolute atomic E-state index is 0.0377. The van der Waals surface area contributed by atoms with Crippen LogP contribution >= 0.6 is 0 Å². The maximum atomic E-state index is 12.8. The number of rotatable bonds is 8. The standard InChI is InChI=1S/C24H32N4O3/c1-15(2)23(24-25-19-9-6-7-10-20(19)28(24)16(3)4)26-21(30)11-8-12-27-17(5)13-18(29)14-22(27)31/h6-7,9-10,13-16,23,29H,8,11-12H2,1-5H3,(H,26,30). The van der Waals surface area contributed by atoms with Crippen LogP contribution < -0.4 is 10.9 Å². The molecular formula is C24H32N4O3. The molecule has 0 fully saturated rings. The number of aromatic nitrogens is 3. The number of nitrogens with one attached hydrogen (secondary N) is 1. The molecule has 0 bridgehead atoms. The lowest BCUT2D eigenvalue weighted by Gasteiger charge is -2.25. The number of pyridine rings is 1. The summed E-state index contributed by atoms with van der Waals surface area (Å²) in [6.07, 6.45) is 0.834. The van der Waals surface area contributed by atoms with E-state index in [0.29, 0.717) is 25.1 Å². The zero-order chi connectivity index (χ0) is 22.7. The predicted octanol–water partition coefficient (Wildman–Crippen LogP) is 4.09. The van der Waals surface area contributed by atoms with E-state index in [2.05, 4.69) is 43.6 Å². The van der Waals surface area contributed by atoms with Crippen molar-refractivity contribution in [3.8, 4) is 5.75 Å². The van der Waals surface area contributed by atoms with Crippen molar-refractivity contribution in [2.24, 2.45) is 5.92 Å². The summed E-state index contributed by atoms with van der Waals surface area (Å²) in [5.74, 6) is 0.931. The molecule has 0 saturated carbocycles. The Kier molecular flexibility index (Phi) is 6.83. The average Bonchev–Trinajstić information content (AvgIpc) is 3.07. The van der Waals surface area contributed by atoms with E-state index in [-0.39, 0.29) is 35.2 Å². The van der Waals surface area contributed by atoms with Crippen molar-refractivity contribution < 1.29 is 9.90 Å². The van der Waals surface area contributed by atoms with E-state index in [1.807, 2.05) is 18.2 Å². The Bertz CT molecular complexity index is 1130. The number of hydrogen-bond acceptors (Lipinski definition) is 4. The van der Waals surface area contributed by atoms with Crippen molar-refractivity contribution in [1.29, 1.82) is 0 Å². The Hall–Kier alpha value is -3.09. The van der Waals surface area contributed by atoms with Crippen LogP contribution in [0.3, 0.4) is 0 Å². The molecule has 0 saturated heterocycles. The largest absolute Gasteiger partial charge is 0.508 e. The molecule has 0 spiro atoms. The molecule has 7 nitrogen and oxygen atoms in total. The van der Waals surface area contributed by atoms with E-state index in [4.69, 9.17) is 4.98 Å². The molecule has 7 heteroatoms. The summed E-state index contributed by atoms with van der Waals surface area (Å²) in [7, 11) is 0. The molecule has 31 heavy (non-hydrogen) atoms. The number of nitrogens with zero attached hydrogens (tertiary/aromatic N) is 3. The zero-order valence-corrected chi connectivity index (χ0v) is 18.9. The van der Waals surface area contributed by atoms with Crippen LogP contribution in [0.25, 0.3) is 11.0 Å². The van der Waals surface area contributed by atoms with Crippen LogP contribution in [0.5, 0.6) is 5.75 Å². The highest BCUT2D eigenvalue weighted by molar-refractivity contribution is 5.78. The van der Waals surface area contributed by atoms with Crippen molar-refractivity contribution in [1.82, 2.24) is 19.4 Å². The van der Waals surface area contributed by atoms with Crippen molar-refractivity contribution in [2.45, 2.75) is 66.1 Å². The van der Waals surface area contributed by atoms with Crippen LogP contribution in [0.15, 0.2) is 41.2 Å². The number of amides is 1. The van der Waals surface area contributed by atoms with Gasteiger partial charge < -0.3 is 19.6 Å². The van der Waals surface area contributed by atoms with Gasteiger partial charge in [0.15, 0.2) is 0 Å². The number of carbonyl (C=O) groups is 1. The summed E-state index contributed by atoms with van der Waals surface area (Å²) in [5.41, 5.74) is 2.41. The molecule has 0 radical (unpaired) electrons. The number of benzene rings is 1. The van der Waals surface area contributed by atoms with Crippen LogP contribution in [0.2, 0.25) is 0 Å². The molecule has 3 aromatic rings. The smallest absolute Gasteiger partial charge is 0.254 e. The first-order valence-corrected chi connectivity index (χ1v) is 10.9. The van der Waals surface area contributed by atoms with Gasteiger partial charge in [0.25, 0.3) is 5.56 Å². The van der Waals surface area contributed by atoms with Crippen LogP contribution in [0, 0.1) is 12.8 Å². The molecule has 1 atom stereocenters. The van der Waals surface area contributed by atoms with E-state index in [1.54, 1.807) is 17.6 Å². The normalized spacial score (nSPS) is 12.6. The van der Waals surface area contributed by atoms with E-state index < -0.39 is 0 Å². The van der Waals surface area contributed by atoms with Gasteiger partial charge in [0.05, 0.1) is 17.1 Å². The molecule has 1 amide bonds. The first-order valence-electron chi connectivity index (χ1n) is 10.9. The zero-order valence-electron chi connectivity index (χ0n) is 18.9. The molecule has 0 aliphatic rings. The van der Waals surface area contributed by atoms with Crippen LogP contribution in [-0.2, 0) is 11.3 Å². The molecule has 2 heterocycles. The van der Waals surface area contributed by atoms with Crippen LogP contribution in [0.1, 0.15) is 64.1 Å². The Morgan fingerprint density at radius 3 is 2.52 bits per heavy atom. The number of fused-ring (bicyclic) bond motifs is 1. The molecule has 0 aliphatic heterocycles. The third kappa shape index (κ3) is 4.98. The van der Waals surface area contributed by atoms with Crippen molar-refractivity contribution in [3.05, 3.63) is 58.3 Å². The highest BCUT2D eigenvalue weighted by Crippen LogP contribution is 2.28. The molecular weight excluding hydrogens is 392 g/mol. The van der Waals surface area contributed by atoms with Gasteiger partial charge in [0, 0.05) is 30.8 Å². The third-order valence-corrected chi connectivity index (χ3v) is 5.51. The van der Waals surface area contributed by atoms with Gasteiger partial charge in [0.1, 0.15) is 11.6 Å². The lowest BCUT2D eigenvalue weighted by atomic mass is 10.0. The number of para-hydroxylation sites is 2. The van der Waals surface area contributed by atoms with Gasteiger partial charge in [-0.15, -0.1) is 0 Å². The second-order valence-electron chi connectivity index (χ2n) is 8.66. The lowest BCUT2D eigenvalue weighted by Crippen LogP contribution is -2.34. The summed E-state index contributed by atoms with van der Waals surface area (Å²) in [6, 6.07) is 10.8. The van der Waals surface area contributed by atoms with Gasteiger partial charge in [-0.1, -0.05) is 26.0 Å². The highest BCUT2D eigenvalue weighted by Gasteiger charge is 2.25. The SMILES string of the molecule is Cc1cc(O)cc(=O)n1CCCC(=O)NC(c1nc2ccccc2n1C(C)C)C(C)C. The number of aryl methyl sites for hydroxylation is 1. The van der Waals surface area contributed by atoms with Gasteiger partial charge in [-0.3, -0.25) is 9.59 Å². The molecule has 2 aromatic heterocycles. The Balaban J connectivity index is 1.74. The second-order valence-corrected chi connectivity index (χ2v) is 8.66. The molecule has 166 valence electrons. The first-order chi connectivity index (χ1) is 14.7. The Morgan fingerprint density at radius 2 is 1.87 bits per heavy atom. The fraction of sp³-hybridized carbons (Fsp3) is 0.458. The molecule has 1 unspecified atom stereocenters. The van der Waals surface area contributed by atoms with E-state index in [9.17, 15) is 14.7 Å². The monoisotopic (exact) mass is 424 g/mol. The van der Waals surface area contributed by atoms with Gasteiger partial charge in [-0.2, -0.15) is 0 Å². The second kappa shape index (κ2) is 9.37. The van der Waals surface area contributed by atoms with Crippen molar-refractivity contribution in [2.75, 3.05) is 0 Å². The quantitative estimate of drug-likeness (QED) is 0.570. The van der Waals surface area contributed by atoms with E-state index in [0.717, 1.165) is 16.9 Å². The van der Waals surface area contributed by atoms with Gasteiger partial charge in [0.2, 0.25) is 5.91 Å². The summed E-state index contributed by atoms with van der Waals surface area (Å²) in [5, 5.41) is 12.7. The summed E-state index contributed by atoms with van der Waals surface area (Å²) < 4.78 is 3.77. The summed E-state index contributed by atoms with van der Waals surface area (Å²) in [6.45, 7) is 10.6. The molecule has 1 aromatic carbocycles. The number of aromatic hydroxyl groups is 1. The van der Waals surface area contributed by atoms with Gasteiger partial charge >= 0.3 is 0 Å². The first kappa shape index (κ1) is 22.6. The van der Waals surface area contributed by atoms with E-state index in [1.165, 1.54) is 6.07 Å². The Morgan fingerprint density at radius 1 is 1.16 bits per heavy atom. The van der Waals surface area contributed by atoms with Crippen LogP contribution in [-0.4, -0.2) is 25.1 Å². The molecule has 2 N–H and O–H groups in total. The van der Waals surface area contributed by atoms with Crippen molar-refractivity contribution in [3.63, 3.8) is 0 Å². The Labute approximate surface area is 182 Å². The highest BCUT2D eigenvalue weighted by atomic mass is 16.3. The topological polar surface area (TPSA) is 89.2 Å². The maximum absolute atomic E-state index is 12.8. The fourth-order valence-corrected chi connectivity index (χ4v) is 4.00. The van der Waals surface area contributed by atoms with E-state index >= 15 is 0 Å². The number of imidazole rings is 1. The molecule has 0 aliphatic carbocycles. The number of carbonyl (C=O) groups excluding carboxylic acids is 1. The summed E-state index contributed by atoms with van der Waals surface area (Å²) in [4.78, 5) is 29.7. The van der Waals surface area contributed by atoms with Gasteiger partial charge in [-0.05, 0) is 51.3 Å². The van der Waals surface area contributed by atoms with Crippen molar-refractivity contribution >= 4 is 16.9 Å². The average molecular weight is 425 g/mol.